The molecule has 0 fully saturated rings. The van der Waals surface area contributed by atoms with Gasteiger partial charge in [-0.25, -0.2) is 0 Å². The van der Waals surface area contributed by atoms with Crippen LogP contribution < -0.4 is 0 Å². The summed E-state index contributed by atoms with van der Waals surface area (Å²) in [6.45, 7) is 2.00. The monoisotopic (exact) mass is 304 g/mol. The van der Waals surface area contributed by atoms with E-state index in [1.807, 2.05) is 18.2 Å². The van der Waals surface area contributed by atoms with Gasteiger partial charge in [-0.3, -0.25) is 4.79 Å². The smallest absolute Gasteiger partial charge is 0.316 e. The molecule has 0 aliphatic rings. The topological polar surface area (TPSA) is 46.5 Å². The molecule has 0 aromatic heterocycles. The molecule has 0 spiro atoms. The molecule has 2 rings (SSSR count). The largest absolute Gasteiger partial charge is 0.465 e. The predicted molar refractivity (Wildman–Crippen MR) is 82.2 cm³/mol. The first kappa shape index (κ1) is 15.5. The van der Waals surface area contributed by atoms with E-state index >= 15 is 0 Å². The van der Waals surface area contributed by atoms with Gasteiger partial charge in [-0.1, -0.05) is 60.1 Å². The molecular formula is C17H17ClO3. The lowest BCUT2D eigenvalue weighted by molar-refractivity contribution is -0.148. The van der Waals surface area contributed by atoms with Gasteiger partial charge in [-0.2, -0.15) is 0 Å². The van der Waals surface area contributed by atoms with E-state index in [1.165, 1.54) is 0 Å². The van der Waals surface area contributed by atoms with Crippen LogP contribution in [0.5, 0.6) is 0 Å². The molecule has 0 saturated carbocycles. The fraction of sp³-hybridized carbons (Fsp3) is 0.235. The minimum absolute atomic E-state index is 0.261. The standard InChI is InChI=1S/C17H17ClO3/c1-2-21-17(20)15(12-8-4-3-5-9-12)16(19)13-10-6-7-11-14(13)18/h3-11,15-16,19H,2H2,1H3. The summed E-state index contributed by atoms with van der Waals surface area (Å²) in [6.07, 6.45) is -1.06. The molecule has 1 N–H and O–H groups in total. The molecule has 2 unspecified atom stereocenters. The molecule has 21 heavy (non-hydrogen) atoms. The van der Waals surface area contributed by atoms with Gasteiger partial charge in [0.25, 0.3) is 0 Å². The second-order valence-electron chi connectivity index (χ2n) is 4.61. The molecule has 4 heteroatoms. The number of carbonyl (C=O) groups is 1. The van der Waals surface area contributed by atoms with Crippen LogP contribution >= 0.6 is 11.6 Å². The Bertz CT molecular complexity index is 598. The van der Waals surface area contributed by atoms with Gasteiger partial charge in [-0.15, -0.1) is 0 Å². The SMILES string of the molecule is CCOC(=O)C(c1ccccc1)C(O)c1ccccc1Cl. The number of rotatable bonds is 5. The average Bonchev–Trinajstić information content (AvgIpc) is 2.49. The summed E-state index contributed by atoms with van der Waals surface area (Å²) in [5, 5.41) is 11.1. The minimum atomic E-state index is -1.06. The summed E-state index contributed by atoms with van der Waals surface area (Å²) in [5.74, 6) is -1.26. The zero-order valence-electron chi connectivity index (χ0n) is 11.7. The van der Waals surface area contributed by atoms with Crippen LogP contribution in [-0.4, -0.2) is 17.7 Å². The Hall–Kier alpha value is -1.84. The molecular weight excluding hydrogens is 288 g/mol. The molecule has 0 aliphatic carbocycles. The Morgan fingerprint density at radius 1 is 1.14 bits per heavy atom. The third-order valence-electron chi connectivity index (χ3n) is 3.24. The maximum atomic E-state index is 12.2. The maximum absolute atomic E-state index is 12.2. The molecule has 2 aromatic carbocycles. The van der Waals surface area contributed by atoms with Crippen LogP contribution in [0.4, 0.5) is 0 Å². The molecule has 3 nitrogen and oxygen atoms in total. The third-order valence-corrected chi connectivity index (χ3v) is 3.58. The minimum Gasteiger partial charge on any atom is -0.465 e. The summed E-state index contributed by atoms with van der Waals surface area (Å²) in [4.78, 5) is 12.2. The third kappa shape index (κ3) is 3.63. The summed E-state index contributed by atoms with van der Waals surface area (Å²) < 4.78 is 5.10. The first-order valence-corrected chi connectivity index (χ1v) is 7.17. The Morgan fingerprint density at radius 3 is 2.38 bits per heavy atom. The highest BCUT2D eigenvalue weighted by Gasteiger charge is 2.31. The average molecular weight is 305 g/mol. The highest BCUT2D eigenvalue weighted by atomic mass is 35.5. The van der Waals surface area contributed by atoms with Crippen molar-refractivity contribution in [3.8, 4) is 0 Å². The molecule has 0 radical (unpaired) electrons. The molecule has 0 bridgehead atoms. The van der Waals surface area contributed by atoms with Crippen LogP contribution in [0.15, 0.2) is 54.6 Å². The zero-order chi connectivity index (χ0) is 15.2. The first-order valence-electron chi connectivity index (χ1n) is 6.79. The number of benzene rings is 2. The number of hydrogen-bond donors (Lipinski definition) is 1. The highest BCUT2D eigenvalue weighted by molar-refractivity contribution is 6.31. The number of halogens is 1. The van der Waals surface area contributed by atoms with Gasteiger partial charge in [0.05, 0.1) is 12.7 Å². The number of aliphatic hydroxyl groups is 1. The fourth-order valence-electron chi connectivity index (χ4n) is 2.23. The van der Waals surface area contributed by atoms with E-state index in [4.69, 9.17) is 16.3 Å². The van der Waals surface area contributed by atoms with Crippen molar-refractivity contribution in [3.05, 3.63) is 70.7 Å². The van der Waals surface area contributed by atoms with E-state index in [0.29, 0.717) is 16.1 Å². The summed E-state index contributed by atoms with van der Waals surface area (Å²) >= 11 is 6.12. The molecule has 2 aromatic rings. The van der Waals surface area contributed by atoms with Gasteiger partial charge in [0, 0.05) is 10.6 Å². The Kier molecular flexibility index (Phi) is 5.37. The molecule has 0 heterocycles. The van der Waals surface area contributed by atoms with Gasteiger partial charge in [0.15, 0.2) is 0 Å². The number of aliphatic hydroxyl groups excluding tert-OH is 1. The van der Waals surface area contributed by atoms with Gasteiger partial charge < -0.3 is 9.84 Å². The number of ether oxygens (including phenoxy) is 1. The molecule has 2 atom stereocenters. The molecule has 0 saturated heterocycles. The van der Waals surface area contributed by atoms with Crippen molar-refractivity contribution in [1.29, 1.82) is 0 Å². The van der Waals surface area contributed by atoms with Crippen molar-refractivity contribution in [3.63, 3.8) is 0 Å². The molecule has 0 amide bonds. The van der Waals surface area contributed by atoms with E-state index in [0.717, 1.165) is 0 Å². The van der Waals surface area contributed by atoms with Crippen LogP contribution in [0, 0.1) is 0 Å². The van der Waals surface area contributed by atoms with Gasteiger partial charge >= 0.3 is 5.97 Å². The fourth-order valence-corrected chi connectivity index (χ4v) is 2.48. The van der Waals surface area contributed by atoms with Crippen molar-refractivity contribution in [1.82, 2.24) is 0 Å². The molecule has 0 aliphatic heterocycles. The first-order chi connectivity index (χ1) is 10.1. The van der Waals surface area contributed by atoms with Crippen LogP contribution in [0.1, 0.15) is 30.1 Å². The highest BCUT2D eigenvalue weighted by Crippen LogP contribution is 2.35. The number of carbonyl (C=O) groups excluding carboxylic acids is 1. The Labute approximate surface area is 129 Å². The Balaban J connectivity index is 2.40. The van der Waals surface area contributed by atoms with Crippen LogP contribution in [0.3, 0.4) is 0 Å². The van der Waals surface area contributed by atoms with E-state index in [-0.39, 0.29) is 6.61 Å². The van der Waals surface area contributed by atoms with E-state index in [1.54, 1.807) is 43.3 Å². The number of hydrogen-bond acceptors (Lipinski definition) is 3. The van der Waals surface area contributed by atoms with Gasteiger partial charge in [0.2, 0.25) is 0 Å². The van der Waals surface area contributed by atoms with Crippen molar-refractivity contribution >= 4 is 17.6 Å². The zero-order valence-corrected chi connectivity index (χ0v) is 12.5. The molecule has 110 valence electrons. The van der Waals surface area contributed by atoms with Gasteiger partial charge in [0.1, 0.15) is 5.92 Å². The predicted octanol–water partition coefficient (Wildman–Crippen LogP) is 3.72. The second-order valence-corrected chi connectivity index (χ2v) is 5.01. The van der Waals surface area contributed by atoms with Crippen LogP contribution in [-0.2, 0) is 9.53 Å². The number of esters is 1. The van der Waals surface area contributed by atoms with Crippen molar-refractivity contribution < 1.29 is 14.6 Å². The normalized spacial score (nSPS) is 13.5. The van der Waals surface area contributed by atoms with E-state index < -0.39 is 18.0 Å². The van der Waals surface area contributed by atoms with Crippen molar-refractivity contribution in [2.45, 2.75) is 18.9 Å². The maximum Gasteiger partial charge on any atom is 0.316 e. The summed E-state index contributed by atoms with van der Waals surface area (Å²) in [5.41, 5.74) is 1.21. The van der Waals surface area contributed by atoms with E-state index in [9.17, 15) is 9.90 Å². The lowest BCUT2D eigenvalue weighted by Gasteiger charge is -2.22. The van der Waals surface area contributed by atoms with E-state index in [2.05, 4.69) is 0 Å². The van der Waals surface area contributed by atoms with Crippen LogP contribution in [0.2, 0.25) is 5.02 Å². The second kappa shape index (κ2) is 7.25. The Morgan fingerprint density at radius 2 is 1.76 bits per heavy atom. The summed E-state index contributed by atoms with van der Waals surface area (Å²) in [7, 11) is 0. The van der Waals surface area contributed by atoms with Crippen LogP contribution in [0.25, 0.3) is 0 Å². The summed E-state index contributed by atoms with van der Waals surface area (Å²) in [6, 6.07) is 16.0. The van der Waals surface area contributed by atoms with Crippen molar-refractivity contribution in [2.75, 3.05) is 6.61 Å². The van der Waals surface area contributed by atoms with Crippen molar-refractivity contribution in [2.24, 2.45) is 0 Å². The quantitative estimate of drug-likeness (QED) is 0.856. The lowest BCUT2D eigenvalue weighted by Crippen LogP contribution is -2.23. The lowest BCUT2D eigenvalue weighted by atomic mass is 9.89. The van der Waals surface area contributed by atoms with Gasteiger partial charge in [-0.05, 0) is 18.6 Å².